The molecule has 1 saturated heterocycles. The van der Waals surface area contributed by atoms with Crippen molar-refractivity contribution in [2.75, 3.05) is 13.1 Å². The van der Waals surface area contributed by atoms with E-state index in [1.54, 1.807) is 32.1 Å². The summed E-state index contributed by atoms with van der Waals surface area (Å²) in [6.45, 7) is 7.77. The third-order valence-corrected chi connectivity index (χ3v) is 7.20. The molecule has 0 aromatic rings. The maximum Gasteiger partial charge on any atom is -0.00148 e. The van der Waals surface area contributed by atoms with Gasteiger partial charge in [0.25, 0.3) is 0 Å². The quantitative estimate of drug-likeness (QED) is 0.784. The normalized spacial score (nSPS) is 51.0. The van der Waals surface area contributed by atoms with Crippen molar-refractivity contribution in [3.05, 3.63) is 0 Å². The van der Waals surface area contributed by atoms with Crippen LogP contribution in [0.4, 0.5) is 0 Å². The van der Waals surface area contributed by atoms with Gasteiger partial charge in [-0.3, -0.25) is 0 Å². The SMILES string of the molecule is CC(C)(C1CCNC1)C1C2CC3CC(C2)CC1C3. The number of nitrogens with one attached hydrogen (secondary N) is 1. The van der Waals surface area contributed by atoms with Crippen molar-refractivity contribution in [2.45, 2.75) is 52.4 Å². The van der Waals surface area contributed by atoms with E-state index < -0.39 is 0 Å². The van der Waals surface area contributed by atoms with E-state index >= 15 is 0 Å². The van der Waals surface area contributed by atoms with Crippen LogP contribution in [0.5, 0.6) is 0 Å². The van der Waals surface area contributed by atoms with Crippen LogP contribution >= 0.6 is 0 Å². The maximum atomic E-state index is 3.60. The molecule has 4 saturated carbocycles. The molecule has 0 aromatic carbocycles. The van der Waals surface area contributed by atoms with Gasteiger partial charge in [-0.25, -0.2) is 0 Å². The predicted molar refractivity (Wildman–Crippen MR) is 75.3 cm³/mol. The third-order valence-electron chi connectivity index (χ3n) is 7.20. The summed E-state index contributed by atoms with van der Waals surface area (Å²) in [4.78, 5) is 0. The molecule has 0 amide bonds. The summed E-state index contributed by atoms with van der Waals surface area (Å²) in [6, 6.07) is 0. The van der Waals surface area contributed by atoms with Crippen molar-refractivity contribution in [3.8, 4) is 0 Å². The molecular formula is C17H29N. The third kappa shape index (κ3) is 1.62. The van der Waals surface area contributed by atoms with E-state index in [2.05, 4.69) is 19.2 Å². The standard InChI is InChI=1S/C17H29N/c1-17(2,15-3-4-18-10-15)16-13-6-11-5-12(8-13)9-14(16)7-11/h11-16,18H,3-10H2,1-2H3. The van der Waals surface area contributed by atoms with Gasteiger partial charge in [-0.1, -0.05) is 13.8 Å². The Morgan fingerprint density at radius 2 is 1.50 bits per heavy atom. The fourth-order valence-corrected chi connectivity index (χ4v) is 6.70. The van der Waals surface area contributed by atoms with Crippen molar-refractivity contribution < 1.29 is 0 Å². The average Bonchev–Trinajstić information content (AvgIpc) is 2.80. The van der Waals surface area contributed by atoms with Crippen LogP contribution in [0.2, 0.25) is 0 Å². The summed E-state index contributed by atoms with van der Waals surface area (Å²) in [7, 11) is 0. The van der Waals surface area contributed by atoms with Crippen LogP contribution < -0.4 is 5.32 Å². The molecule has 0 aromatic heterocycles. The van der Waals surface area contributed by atoms with E-state index in [4.69, 9.17) is 0 Å². The number of rotatable bonds is 2. The second-order valence-electron chi connectivity index (χ2n) is 8.47. The van der Waals surface area contributed by atoms with Crippen LogP contribution in [0.15, 0.2) is 0 Å². The Morgan fingerprint density at radius 1 is 0.889 bits per heavy atom. The summed E-state index contributed by atoms with van der Waals surface area (Å²) in [5.41, 5.74) is 0.589. The first kappa shape index (κ1) is 11.8. The van der Waals surface area contributed by atoms with E-state index in [1.165, 1.54) is 19.5 Å². The minimum absolute atomic E-state index is 0.589. The number of hydrogen-bond acceptors (Lipinski definition) is 1. The van der Waals surface area contributed by atoms with E-state index in [9.17, 15) is 0 Å². The summed E-state index contributed by atoms with van der Waals surface area (Å²) in [5.74, 6) is 6.44. The van der Waals surface area contributed by atoms with Gasteiger partial charge in [-0.05, 0) is 92.5 Å². The molecule has 18 heavy (non-hydrogen) atoms. The van der Waals surface area contributed by atoms with E-state index in [-0.39, 0.29) is 0 Å². The van der Waals surface area contributed by atoms with Crippen molar-refractivity contribution in [3.63, 3.8) is 0 Å². The summed E-state index contributed by atoms with van der Waals surface area (Å²) >= 11 is 0. The van der Waals surface area contributed by atoms with Gasteiger partial charge in [0, 0.05) is 0 Å². The maximum absolute atomic E-state index is 3.60. The Labute approximate surface area is 112 Å². The lowest BCUT2D eigenvalue weighted by Crippen LogP contribution is -2.52. The second kappa shape index (κ2) is 3.98. The van der Waals surface area contributed by atoms with Gasteiger partial charge >= 0.3 is 0 Å². The van der Waals surface area contributed by atoms with Gasteiger partial charge in [-0.15, -0.1) is 0 Å². The molecule has 4 bridgehead atoms. The first-order valence-corrected chi connectivity index (χ1v) is 8.35. The molecule has 1 N–H and O–H groups in total. The Morgan fingerprint density at radius 3 is 2.00 bits per heavy atom. The van der Waals surface area contributed by atoms with Gasteiger partial charge in [0.1, 0.15) is 0 Å². The molecule has 0 spiro atoms. The topological polar surface area (TPSA) is 12.0 Å². The molecule has 4 aliphatic carbocycles. The summed E-state index contributed by atoms with van der Waals surface area (Å²) in [5, 5.41) is 3.60. The highest BCUT2D eigenvalue weighted by Gasteiger charge is 2.54. The molecule has 5 fully saturated rings. The minimum atomic E-state index is 0.589. The average molecular weight is 247 g/mol. The Bertz CT molecular complexity index is 299. The lowest BCUT2D eigenvalue weighted by molar-refractivity contribution is -0.102. The molecule has 5 aliphatic rings. The van der Waals surface area contributed by atoms with Crippen LogP contribution in [0, 0.1) is 40.9 Å². The zero-order valence-electron chi connectivity index (χ0n) is 12.1. The monoisotopic (exact) mass is 247 g/mol. The molecule has 102 valence electrons. The van der Waals surface area contributed by atoms with E-state index in [0.29, 0.717) is 5.41 Å². The van der Waals surface area contributed by atoms with Crippen molar-refractivity contribution in [1.82, 2.24) is 5.32 Å². The van der Waals surface area contributed by atoms with Crippen LogP contribution in [0.3, 0.4) is 0 Å². The molecule has 5 rings (SSSR count). The molecule has 1 heterocycles. The van der Waals surface area contributed by atoms with E-state index in [1.807, 2.05) is 0 Å². The fourth-order valence-electron chi connectivity index (χ4n) is 6.70. The summed E-state index contributed by atoms with van der Waals surface area (Å²) in [6.07, 6.45) is 9.35. The zero-order chi connectivity index (χ0) is 12.3. The lowest BCUT2D eigenvalue weighted by Gasteiger charge is -2.60. The van der Waals surface area contributed by atoms with Crippen LogP contribution in [-0.4, -0.2) is 13.1 Å². The van der Waals surface area contributed by atoms with Gasteiger partial charge in [0.15, 0.2) is 0 Å². The van der Waals surface area contributed by atoms with Gasteiger partial charge < -0.3 is 5.32 Å². The fraction of sp³-hybridized carbons (Fsp3) is 1.00. The molecule has 1 unspecified atom stereocenters. The Kier molecular flexibility index (Phi) is 2.60. The molecule has 0 radical (unpaired) electrons. The van der Waals surface area contributed by atoms with Crippen molar-refractivity contribution >= 4 is 0 Å². The summed E-state index contributed by atoms with van der Waals surface area (Å²) < 4.78 is 0. The highest BCUT2D eigenvalue weighted by atomic mass is 14.9. The Hall–Kier alpha value is -0.0400. The molecule has 1 heteroatoms. The van der Waals surface area contributed by atoms with E-state index in [0.717, 1.165) is 35.5 Å². The lowest BCUT2D eigenvalue weighted by atomic mass is 9.45. The van der Waals surface area contributed by atoms with Gasteiger partial charge in [0.2, 0.25) is 0 Å². The first-order valence-electron chi connectivity index (χ1n) is 8.35. The second-order valence-corrected chi connectivity index (χ2v) is 8.47. The molecule has 1 nitrogen and oxygen atoms in total. The Balaban J connectivity index is 1.60. The van der Waals surface area contributed by atoms with Crippen molar-refractivity contribution in [1.29, 1.82) is 0 Å². The first-order chi connectivity index (χ1) is 8.64. The minimum Gasteiger partial charge on any atom is -0.316 e. The number of hydrogen-bond donors (Lipinski definition) is 1. The van der Waals surface area contributed by atoms with Crippen LogP contribution in [0.25, 0.3) is 0 Å². The van der Waals surface area contributed by atoms with Gasteiger partial charge in [0.05, 0.1) is 0 Å². The van der Waals surface area contributed by atoms with Crippen LogP contribution in [0.1, 0.15) is 52.4 Å². The molecular weight excluding hydrogens is 218 g/mol. The smallest absolute Gasteiger partial charge is 0.00148 e. The highest BCUT2D eigenvalue weighted by molar-refractivity contribution is 5.04. The largest absolute Gasteiger partial charge is 0.316 e. The molecule has 1 atom stereocenters. The van der Waals surface area contributed by atoms with Crippen molar-refractivity contribution in [2.24, 2.45) is 40.9 Å². The highest BCUT2D eigenvalue weighted by Crippen LogP contribution is 2.62. The van der Waals surface area contributed by atoms with Gasteiger partial charge in [-0.2, -0.15) is 0 Å². The zero-order valence-corrected chi connectivity index (χ0v) is 12.1. The molecule has 1 aliphatic heterocycles. The van der Waals surface area contributed by atoms with Crippen LogP contribution in [-0.2, 0) is 0 Å². The predicted octanol–water partition coefficient (Wildman–Crippen LogP) is 3.69.